The summed E-state index contributed by atoms with van der Waals surface area (Å²) >= 11 is 0. The molecule has 0 saturated heterocycles. The molecule has 0 aromatic carbocycles. The lowest BCUT2D eigenvalue weighted by atomic mass is 10.2. The van der Waals surface area contributed by atoms with Gasteiger partial charge in [0, 0.05) is 28.3 Å². The van der Waals surface area contributed by atoms with Crippen LogP contribution >= 0.6 is 0 Å². The first-order valence-corrected chi connectivity index (χ1v) is 6.25. The molecular weight excluding hydrogens is 170 g/mol. The monoisotopic (exact) mass is 191 g/mol. The Labute approximate surface area is 78.6 Å². The van der Waals surface area contributed by atoms with E-state index in [2.05, 4.69) is 19.2 Å². The van der Waals surface area contributed by atoms with Crippen LogP contribution in [0.3, 0.4) is 0 Å². The minimum Gasteiger partial charge on any atom is -0.314 e. The number of hydrogen-bond acceptors (Lipinski definition) is 2. The summed E-state index contributed by atoms with van der Waals surface area (Å²) in [6.07, 6.45) is 3.94. The fraction of sp³-hybridized carbons (Fsp3) is 1.00. The van der Waals surface area contributed by atoms with Crippen molar-refractivity contribution in [3.8, 4) is 0 Å². The first-order chi connectivity index (χ1) is 5.57. The van der Waals surface area contributed by atoms with Crippen LogP contribution in [0.25, 0.3) is 0 Å². The number of hydrogen-bond donors (Lipinski definition) is 1. The van der Waals surface area contributed by atoms with E-state index in [1.807, 2.05) is 6.92 Å². The molecule has 2 nitrogen and oxygen atoms in total. The Morgan fingerprint density at radius 1 is 1.42 bits per heavy atom. The third kappa shape index (κ3) is 5.72. The molecule has 0 saturated carbocycles. The Morgan fingerprint density at radius 2 is 2.00 bits per heavy atom. The van der Waals surface area contributed by atoms with E-state index in [1.165, 1.54) is 0 Å². The van der Waals surface area contributed by atoms with E-state index >= 15 is 0 Å². The van der Waals surface area contributed by atoms with Crippen LogP contribution < -0.4 is 5.32 Å². The van der Waals surface area contributed by atoms with Crippen LogP contribution in [0.2, 0.25) is 0 Å². The number of rotatable bonds is 6. The largest absolute Gasteiger partial charge is 0.314 e. The van der Waals surface area contributed by atoms with Crippen molar-refractivity contribution in [1.82, 2.24) is 5.32 Å². The molecule has 0 amide bonds. The van der Waals surface area contributed by atoms with E-state index in [-0.39, 0.29) is 0 Å². The van der Waals surface area contributed by atoms with Gasteiger partial charge in [-0.05, 0) is 26.3 Å². The summed E-state index contributed by atoms with van der Waals surface area (Å²) in [4.78, 5) is 0. The molecule has 3 heteroatoms. The highest BCUT2D eigenvalue weighted by Crippen LogP contribution is 2.03. The molecular formula is C9H21NOS. The molecule has 0 aromatic heterocycles. The molecule has 1 N–H and O–H groups in total. The van der Waals surface area contributed by atoms with Crippen molar-refractivity contribution in [2.45, 2.75) is 44.9 Å². The van der Waals surface area contributed by atoms with Gasteiger partial charge < -0.3 is 5.32 Å². The second-order valence-electron chi connectivity index (χ2n) is 3.40. The van der Waals surface area contributed by atoms with Crippen molar-refractivity contribution in [3.05, 3.63) is 0 Å². The van der Waals surface area contributed by atoms with Gasteiger partial charge in [-0.1, -0.05) is 13.8 Å². The van der Waals surface area contributed by atoms with E-state index in [4.69, 9.17) is 0 Å². The third-order valence-electron chi connectivity index (χ3n) is 1.99. The predicted molar refractivity (Wildman–Crippen MR) is 55.9 cm³/mol. The Hall–Kier alpha value is 0.110. The molecule has 3 atom stereocenters. The Kier molecular flexibility index (Phi) is 6.67. The zero-order chi connectivity index (χ0) is 9.56. The van der Waals surface area contributed by atoms with Gasteiger partial charge in [-0.3, -0.25) is 4.21 Å². The topological polar surface area (TPSA) is 29.1 Å². The fourth-order valence-corrected chi connectivity index (χ4v) is 1.67. The highest BCUT2D eigenvalue weighted by molar-refractivity contribution is 7.84. The molecule has 0 radical (unpaired) electrons. The fourth-order valence-electron chi connectivity index (χ4n) is 1.11. The van der Waals surface area contributed by atoms with E-state index in [1.54, 1.807) is 6.26 Å². The van der Waals surface area contributed by atoms with Crippen LogP contribution in [0, 0.1) is 0 Å². The van der Waals surface area contributed by atoms with Crippen LogP contribution in [0.1, 0.15) is 33.6 Å². The van der Waals surface area contributed by atoms with E-state index in [9.17, 15) is 4.21 Å². The summed E-state index contributed by atoms with van der Waals surface area (Å²) in [5, 5.41) is 3.69. The molecule has 0 spiro atoms. The lowest BCUT2D eigenvalue weighted by Crippen LogP contribution is -2.30. The van der Waals surface area contributed by atoms with Gasteiger partial charge in [-0.15, -0.1) is 0 Å². The average Bonchev–Trinajstić information content (AvgIpc) is 2.00. The lowest BCUT2D eigenvalue weighted by Gasteiger charge is -2.16. The second-order valence-corrected chi connectivity index (χ2v) is 5.20. The van der Waals surface area contributed by atoms with Crippen molar-refractivity contribution >= 4 is 10.8 Å². The third-order valence-corrected chi connectivity index (χ3v) is 3.32. The molecule has 12 heavy (non-hydrogen) atoms. The maximum Gasteiger partial charge on any atom is 0.0331 e. The van der Waals surface area contributed by atoms with Gasteiger partial charge >= 0.3 is 0 Å². The Balaban J connectivity index is 3.53. The van der Waals surface area contributed by atoms with Gasteiger partial charge in [-0.25, -0.2) is 0 Å². The highest BCUT2D eigenvalue weighted by atomic mass is 32.2. The zero-order valence-electron chi connectivity index (χ0n) is 8.59. The number of nitrogens with one attached hydrogen (secondary N) is 1. The highest BCUT2D eigenvalue weighted by Gasteiger charge is 2.10. The molecule has 0 aliphatic carbocycles. The molecule has 74 valence electrons. The average molecular weight is 191 g/mol. The summed E-state index contributed by atoms with van der Waals surface area (Å²) in [7, 11) is -0.676. The summed E-state index contributed by atoms with van der Waals surface area (Å²) in [5.41, 5.74) is 0. The van der Waals surface area contributed by atoms with Gasteiger partial charge in [-0.2, -0.15) is 0 Å². The first kappa shape index (κ1) is 12.1. The van der Waals surface area contributed by atoms with Crippen molar-refractivity contribution in [3.63, 3.8) is 0 Å². The minimum absolute atomic E-state index is 0.310. The van der Waals surface area contributed by atoms with E-state index < -0.39 is 10.8 Å². The maximum atomic E-state index is 11.0. The predicted octanol–water partition coefficient (Wildman–Crippen LogP) is 1.53. The molecule has 0 aliphatic heterocycles. The smallest absolute Gasteiger partial charge is 0.0331 e. The summed E-state index contributed by atoms with van der Waals surface area (Å²) < 4.78 is 11.0. The molecule has 0 aliphatic rings. The van der Waals surface area contributed by atoms with Crippen LogP contribution in [-0.2, 0) is 10.8 Å². The van der Waals surface area contributed by atoms with Crippen molar-refractivity contribution in [2.24, 2.45) is 0 Å². The molecule has 3 unspecified atom stereocenters. The molecule has 0 rings (SSSR count). The SMILES string of the molecule is CCCNC(C)CC(C)S(C)=O. The first-order valence-electron chi connectivity index (χ1n) is 4.63. The van der Waals surface area contributed by atoms with Crippen molar-refractivity contribution < 1.29 is 4.21 Å². The van der Waals surface area contributed by atoms with Gasteiger partial charge in [0.15, 0.2) is 0 Å². The summed E-state index contributed by atoms with van der Waals surface area (Å²) in [6.45, 7) is 7.41. The second kappa shape index (κ2) is 6.61. The zero-order valence-corrected chi connectivity index (χ0v) is 9.41. The van der Waals surface area contributed by atoms with Gasteiger partial charge in [0.1, 0.15) is 0 Å². The van der Waals surface area contributed by atoms with Gasteiger partial charge in [0.05, 0.1) is 0 Å². The van der Waals surface area contributed by atoms with Gasteiger partial charge in [0.2, 0.25) is 0 Å². The normalized spacial score (nSPS) is 18.7. The van der Waals surface area contributed by atoms with E-state index in [0.29, 0.717) is 11.3 Å². The Morgan fingerprint density at radius 3 is 2.42 bits per heavy atom. The Bertz CT molecular complexity index is 138. The van der Waals surface area contributed by atoms with Crippen molar-refractivity contribution in [1.29, 1.82) is 0 Å². The molecule has 0 fully saturated rings. The van der Waals surface area contributed by atoms with Gasteiger partial charge in [0.25, 0.3) is 0 Å². The molecule has 0 aromatic rings. The minimum atomic E-state index is -0.676. The summed E-state index contributed by atoms with van der Waals surface area (Å²) in [6, 6.07) is 0.490. The molecule has 0 bridgehead atoms. The van der Waals surface area contributed by atoms with Crippen LogP contribution in [0.15, 0.2) is 0 Å². The maximum absolute atomic E-state index is 11.0. The van der Waals surface area contributed by atoms with E-state index in [0.717, 1.165) is 19.4 Å². The standard InChI is InChI=1S/C9H21NOS/c1-5-6-10-8(2)7-9(3)12(4)11/h8-10H,5-7H2,1-4H3. The summed E-state index contributed by atoms with van der Waals surface area (Å²) in [5.74, 6) is 0. The van der Waals surface area contributed by atoms with Crippen LogP contribution in [-0.4, -0.2) is 28.3 Å². The van der Waals surface area contributed by atoms with Crippen LogP contribution in [0.5, 0.6) is 0 Å². The van der Waals surface area contributed by atoms with Crippen LogP contribution in [0.4, 0.5) is 0 Å². The molecule has 0 heterocycles. The van der Waals surface area contributed by atoms with Crippen molar-refractivity contribution in [2.75, 3.05) is 12.8 Å². The lowest BCUT2D eigenvalue weighted by molar-refractivity contribution is 0.509. The quantitative estimate of drug-likeness (QED) is 0.690.